The topological polar surface area (TPSA) is 90.3 Å². The molecule has 0 bridgehead atoms. The van der Waals surface area contributed by atoms with Crippen LogP contribution in [-0.4, -0.2) is 34.9 Å². The fourth-order valence-corrected chi connectivity index (χ4v) is 4.00. The maximum Gasteiger partial charge on any atom is 0.256 e. The molecule has 144 valence electrons. The number of thiophene rings is 1. The first-order valence-corrected chi connectivity index (χ1v) is 9.44. The third-order valence-electron chi connectivity index (χ3n) is 4.51. The second kappa shape index (κ2) is 7.35. The molecule has 2 aromatic heterocycles. The number of aromatic nitrogens is 3. The van der Waals surface area contributed by atoms with Crippen molar-refractivity contribution in [3.05, 3.63) is 58.2 Å². The highest BCUT2D eigenvalue weighted by molar-refractivity contribution is 7.10. The van der Waals surface area contributed by atoms with E-state index < -0.39 is 0 Å². The van der Waals surface area contributed by atoms with Gasteiger partial charge in [-0.3, -0.25) is 4.79 Å². The molecule has 0 spiro atoms. The van der Waals surface area contributed by atoms with Gasteiger partial charge < -0.3 is 20.1 Å². The molecular formula is C19H19N5O3S. The molecule has 8 nitrogen and oxygen atoms in total. The number of amides is 1. The first kappa shape index (κ1) is 18.1. The number of methoxy groups -OCH3 is 2. The molecule has 0 radical (unpaired) electrons. The molecule has 0 saturated heterocycles. The number of nitrogens with zero attached hydrogens (tertiary/aromatic N) is 3. The Morgan fingerprint density at radius 2 is 2.14 bits per heavy atom. The Morgan fingerprint density at radius 1 is 1.29 bits per heavy atom. The summed E-state index contributed by atoms with van der Waals surface area (Å²) in [5.41, 5.74) is 1.85. The number of hydrogen-bond acceptors (Lipinski definition) is 7. The number of carbonyl (C=O) groups is 1. The van der Waals surface area contributed by atoms with Crippen LogP contribution in [0.15, 0.2) is 53.3 Å². The van der Waals surface area contributed by atoms with Gasteiger partial charge in [0, 0.05) is 16.6 Å². The second-order valence-corrected chi connectivity index (χ2v) is 7.11. The molecule has 1 atom stereocenters. The van der Waals surface area contributed by atoms with Crippen LogP contribution in [0.25, 0.3) is 0 Å². The van der Waals surface area contributed by atoms with E-state index in [9.17, 15) is 4.79 Å². The highest BCUT2D eigenvalue weighted by Gasteiger charge is 2.34. The Morgan fingerprint density at radius 3 is 2.86 bits per heavy atom. The lowest BCUT2D eigenvalue weighted by Gasteiger charge is -2.28. The molecule has 1 amide bonds. The quantitative estimate of drug-likeness (QED) is 0.687. The first-order valence-electron chi connectivity index (χ1n) is 8.56. The molecule has 28 heavy (non-hydrogen) atoms. The number of nitrogens with one attached hydrogen (secondary N) is 2. The van der Waals surface area contributed by atoms with E-state index in [1.54, 1.807) is 48.4 Å². The summed E-state index contributed by atoms with van der Waals surface area (Å²) < 4.78 is 12.3. The summed E-state index contributed by atoms with van der Waals surface area (Å²) in [5, 5.41) is 12.4. The minimum absolute atomic E-state index is 0.243. The van der Waals surface area contributed by atoms with Crippen LogP contribution >= 0.6 is 11.3 Å². The lowest BCUT2D eigenvalue weighted by atomic mass is 10.0. The maximum absolute atomic E-state index is 13.3. The SMILES string of the molecule is COc1ccc(NC(=O)C2=C(C)Nc3ncnn3[C@@H]2c2cccs2)c(OC)c1. The fraction of sp³-hybridized carbons (Fsp3) is 0.211. The minimum atomic E-state index is -0.358. The van der Waals surface area contributed by atoms with Crippen LogP contribution in [0.3, 0.4) is 0 Å². The Labute approximate surface area is 165 Å². The molecule has 9 heteroatoms. The molecule has 1 aliphatic heterocycles. The van der Waals surface area contributed by atoms with Gasteiger partial charge in [0.05, 0.1) is 25.5 Å². The van der Waals surface area contributed by atoms with Crippen LogP contribution in [0, 0.1) is 0 Å². The zero-order valence-corrected chi connectivity index (χ0v) is 16.4. The van der Waals surface area contributed by atoms with Gasteiger partial charge in [0.2, 0.25) is 5.95 Å². The number of benzene rings is 1. The van der Waals surface area contributed by atoms with Gasteiger partial charge in [-0.2, -0.15) is 10.1 Å². The number of hydrogen-bond donors (Lipinski definition) is 2. The number of rotatable bonds is 5. The van der Waals surface area contributed by atoms with E-state index in [4.69, 9.17) is 9.47 Å². The Hall–Kier alpha value is -3.33. The number of anilines is 2. The second-order valence-electron chi connectivity index (χ2n) is 6.13. The summed E-state index contributed by atoms with van der Waals surface area (Å²) in [5.74, 6) is 1.53. The van der Waals surface area contributed by atoms with Crippen molar-refractivity contribution in [1.29, 1.82) is 0 Å². The molecule has 2 N–H and O–H groups in total. The summed E-state index contributed by atoms with van der Waals surface area (Å²) in [6.07, 6.45) is 1.48. The van der Waals surface area contributed by atoms with Gasteiger partial charge >= 0.3 is 0 Å². The van der Waals surface area contributed by atoms with Gasteiger partial charge in [0.15, 0.2) is 0 Å². The van der Waals surface area contributed by atoms with E-state index >= 15 is 0 Å². The molecule has 1 aliphatic rings. The van der Waals surface area contributed by atoms with E-state index in [1.807, 2.05) is 24.4 Å². The van der Waals surface area contributed by atoms with Crippen LogP contribution in [0.1, 0.15) is 17.8 Å². The van der Waals surface area contributed by atoms with Gasteiger partial charge in [-0.25, -0.2) is 4.68 Å². The maximum atomic E-state index is 13.3. The summed E-state index contributed by atoms with van der Waals surface area (Å²) >= 11 is 1.57. The molecule has 0 aliphatic carbocycles. The third-order valence-corrected chi connectivity index (χ3v) is 5.43. The summed E-state index contributed by atoms with van der Waals surface area (Å²) in [6, 6.07) is 8.83. The van der Waals surface area contributed by atoms with Crippen LogP contribution < -0.4 is 20.1 Å². The van der Waals surface area contributed by atoms with Crippen LogP contribution in [-0.2, 0) is 4.79 Å². The molecule has 0 fully saturated rings. The van der Waals surface area contributed by atoms with Crippen LogP contribution in [0.2, 0.25) is 0 Å². The zero-order valence-electron chi connectivity index (χ0n) is 15.6. The van der Waals surface area contributed by atoms with Crippen molar-refractivity contribution < 1.29 is 14.3 Å². The van der Waals surface area contributed by atoms with Gasteiger partial charge in [-0.05, 0) is 30.5 Å². The van der Waals surface area contributed by atoms with Crippen molar-refractivity contribution in [2.75, 3.05) is 24.9 Å². The van der Waals surface area contributed by atoms with Gasteiger partial charge in [-0.1, -0.05) is 6.07 Å². The highest BCUT2D eigenvalue weighted by Crippen LogP contribution is 2.38. The molecular weight excluding hydrogens is 378 g/mol. The molecule has 0 saturated carbocycles. The summed E-state index contributed by atoms with van der Waals surface area (Å²) in [7, 11) is 3.13. The van der Waals surface area contributed by atoms with Crippen LogP contribution in [0.4, 0.5) is 11.6 Å². The van der Waals surface area contributed by atoms with Crippen molar-refractivity contribution in [2.24, 2.45) is 0 Å². The predicted molar refractivity (Wildman–Crippen MR) is 107 cm³/mol. The summed E-state index contributed by atoms with van der Waals surface area (Å²) in [4.78, 5) is 18.5. The zero-order chi connectivity index (χ0) is 19.7. The Balaban J connectivity index is 1.71. The monoisotopic (exact) mass is 397 g/mol. The number of carbonyl (C=O) groups excluding carboxylic acids is 1. The van der Waals surface area contributed by atoms with Gasteiger partial charge in [0.1, 0.15) is 23.9 Å². The Kier molecular flexibility index (Phi) is 4.74. The lowest BCUT2D eigenvalue weighted by Crippen LogP contribution is -2.31. The van der Waals surface area contributed by atoms with Crippen molar-refractivity contribution in [2.45, 2.75) is 13.0 Å². The summed E-state index contributed by atoms with van der Waals surface area (Å²) in [6.45, 7) is 1.86. The minimum Gasteiger partial charge on any atom is -0.497 e. The van der Waals surface area contributed by atoms with Crippen LogP contribution in [0.5, 0.6) is 11.5 Å². The fourth-order valence-electron chi connectivity index (χ4n) is 3.19. The van der Waals surface area contributed by atoms with E-state index in [0.29, 0.717) is 28.7 Å². The highest BCUT2D eigenvalue weighted by atomic mass is 32.1. The lowest BCUT2D eigenvalue weighted by molar-refractivity contribution is -0.113. The normalized spacial score (nSPS) is 15.6. The average molecular weight is 397 g/mol. The van der Waals surface area contributed by atoms with Crippen molar-refractivity contribution in [1.82, 2.24) is 14.8 Å². The molecule has 3 aromatic rings. The van der Waals surface area contributed by atoms with E-state index in [2.05, 4.69) is 20.7 Å². The first-order chi connectivity index (χ1) is 13.6. The van der Waals surface area contributed by atoms with Crippen molar-refractivity contribution in [3.63, 3.8) is 0 Å². The van der Waals surface area contributed by atoms with E-state index in [1.165, 1.54) is 6.33 Å². The molecule has 3 heterocycles. The molecule has 4 rings (SSSR count). The van der Waals surface area contributed by atoms with Crippen molar-refractivity contribution >= 4 is 28.9 Å². The predicted octanol–water partition coefficient (Wildman–Crippen LogP) is 3.28. The average Bonchev–Trinajstić information content (AvgIpc) is 3.38. The molecule has 1 aromatic carbocycles. The molecule has 0 unspecified atom stereocenters. The Bertz CT molecular complexity index is 1040. The number of allylic oxidation sites excluding steroid dienone is 1. The number of ether oxygens (including phenoxy) is 2. The van der Waals surface area contributed by atoms with E-state index in [-0.39, 0.29) is 11.9 Å². The van der Waals surface area contributed by atoms with Gasteiger partial charge in [-0.15, -0.1) is 11.3 Å². The largest absolute Gasteiger partial charge is 0.497 e. The standard InChI is InChI=1S/C19H19N5O3S/c1-11-16(18(25)23-13-7-6-12(26-2)9-14(13)27-3)17(15-5-4-8-28-15)24-19(22-11)20-10-21-24/h4-10,17H,1-3H3,(H,23,25)(H,20,21,22)/t17-/m1/s1. The smallest absolute Gasteiger partial charge is 0.256 e. The van der Waals surface area contributed by atoms with Crippen molar-refractivity contribution in [3.8, 4) is 11.5 Å². The van der Waals surface area contributed by atoms with Gasteiger partial charge in [0.25, 0.3) is 5.91 Å². The van der Waals surface area contributed by atoms with E-state index in [0.717, 1.165) is 10.6 Å². The third kappa shape index (κ3) is 3.09. The number of fused-ring (bicyclic) bond motifs is 1.